The molecule has 0 radical (unpaired) electrons. The molecule has 0 saturated heterocycles. The van der Waals surface area contributed by atoms with Gasteiger partial charge in [0.1, 0.15) is 5.75 Å². The van der Waals surface area contributed by atoms with Gasteiger partial charge in [0.25, 0.3) is 0 Å². The third kappa shape index (κ3) is 10.8. The lowest BCUT2D eigenvalue weighted by atomic mass is 9.96. The molecule has 0 heterocycles. The van der Waals surface area contributed by atoms with E-state index < -0.39 is 0 Å². The maximum Gasteiger partial charge on any atom is 0.119 e. The highest BCUT2D eigenvalue weighted by Crippen LogP contribution is 2.27. The highest BCUT2D eigenvalue weighted by molar-refractivity contribution is 5.64. The Kier molecular flexibility index (Phi) is 13.1. The Morgan fingerprint density at radius 2 is 0.902 bits per heavy atom. The summed E-state index contributed by atoms with van der Waals surface area (Å²) >= 11 is 0. The van der Waals surface area contributed by atoms with E-state index in [1.165, 1.54) is 50.1 Å². The summed E-state index contributed by atoms with van der Waals surface area (Å²) in [6.45, 7) is 21.0. The Bertz CT molecular complexity index is 1500. The lowest BCUT2D eigenvalue weighted by Crippen LogP contribution is -1.91. The van der Waals surface area contributed by atoms with Crippen molar-refractivity contribution in [2.24, 2.45) is 0 Å². The number of phenolic OH excluding ortho intramolecular Hbond substituents is 1. The molecule has 2 rings (SSSR count). The zero-order valence-corrected chi connectivity index (χ0v) is 26.8. The van der Waals surface area contributed by atoms with Crippen LogP contribution < -0.4 is 0 Å². The summed E-state index contributed by atoms with van der Waals surface area (Å²) in [5, 5.41) is 10.0. The molecule has 2 aromatic rings. The van der Waals surface area contributed by atoms with Crippen LogP contribution in [0.4, 0.5) is 0 Å². The fourth-order valence-corrected chi connectivity index (χ4v) is 4.34. The van der Waals surface area contributed by atoms with Crippen molar-refractivity contribution in [3.05, 3.63) is 158 Å². The minimum absolute atomic E-state index is 0.362. The standard InChI is InChI=1S/C40H48O/c1-28(17-13-19-30(3)21-25-38-33(6)24-23-32(5)35(38)8)15-11-12-16-29(2)18-14-20-31(4)22-26-39-34(7)27-40(41)37(10)36(39)9/h11-27,41H,1-10H3/b12-11+,17-13?,18-14+,25-21?,26-22+,28-15?,29-16+,30-19?,31-20+. The van der Waals surface area contributed by atoms with Crippen molar-refractivity contribution in [1.29, 1.82) is 0 Å². The van der Waals surface area contributed by atoms with Gasteiger partial charge in [-0.2, -0.15) is 0 Å². The van der Waals surface area contributed by atoms with E-state index in [0.717, 1.165) is 16.7 Å². The summed E-state index contributed by atoms with van der Waals surface area (Å²) in [5.41, 5.74) is 14.4. The molecule has 0 spiro atoms. The van der Waals surface area contributed by atoms with Crippen LogP contribution in [0.25, 0.3) is 12.2 Å². The number of allylic oxidation sites excluding steroid dienone is 16. The predicted octanol–water partition coefficient (Wildman–Crippen LogP) is 11.4. The van der Waals surface area contributed by atoms with Crippen molar-refractivity contribution in [1.82, 2.24) is 0 Å². The van der Waals surface area contributed by atoms with Crippen molar-refractivity contribution in [3.8, 4) is 5.75 Å². The van der Waals surface area contributed by atoms with Gasteiger partial charge >= 0.3 is 0 Å². The maximum absolute atomic E-state index is 10.0. The molecule has 0 amide bonds. The third-order valence-electron chi connectivity index (χ3n) is 7.42. The summed E-state index contributed by atoms with van der Waals surface area (Å²) in [7, 11) is 0. The first-order chi connectivity index (χ1) is 19.4. The van der Waals surface area contributed by atoms with E-state index in [0.29, 0.717) is 5.75 Å². The van der Waals surface area contributed by atoms with Crippen LogP contribution in [-0.4, -0.2) is 5.11 Å². The normalized spacial score (nSPS) is 14.3. The number of aryl methyl sites for hydroxylation is 3. The summed E-state index contributed by atoms with van der Waals surface area (Å²) < 4.78 is 0. The van der Waals surface area contributed by atoms with E-state index in [4.69, 9.17) is 0 Å². The van der Waals surface area contributed by atoms with Crippen molar-refractivity contribution >= 4 is 12.2 Å². The molecule has 0 aliphatic rings. The molecule has 214 valence electrons. The van der Waals surface area contributed by atoms with Crippen LogP contribution >= 0.6 is 0 Å². The van der Waals surface area contributed by atoms with E-state index in [-0.39, 0.29) is 0 Å². The highest BCUT2D eigenvalue weighted by Gasteiger charge is 2.07. The van der Waals surface area contributed by atoms with Gasteiger partial charge in [0.2, 0.25) is 0 Å². The van der Waals surface area contributed by atoms with Crippen LogP contribution in [0.3, 0.4) is 0 Å². The quantitative estimate of drug-likeness (QED) is 0.295. The molecule has 0 aliphatic carbocycles. The van der Waals surface area contributed by atoms with E-state index in [9.17, 15) is 5.11 Å². The lowest BCUT2D eigenvalue weighted by molar-refractivity contribution is 0.470. The van der Waals surface area contributed by atoms with Gasteiger partial charge in [0.05, 0.1) is 0 Å². The summed E-state index contributed by atoms with van der Waals surface area (Å²) in [6, 6.07) is 6.21. The predicted molar refractivity (Wildman–Crippen MR) is 183 cm³/mol. The fourth-order valence-electron chi connectivity index (χ4n) is 4.34. The molecule has 0 unspecified atom stereocenters. The van der Waals surface area contributed by atoms with E-state index in [1.807, 2.05) is 19.9 Å². The zero-order chi connectivity index (χ0) is 30.5. The Morgan fingerprint density at radius 1 is 0.488 bits per heavy atom. The van der Waals surface area contributed by atoms with Crippen LogP contribution in [0.15, 0.2) is 113 Å². The number of hydrogen-bond acceptors (Lipinski definition) is 1. The number of aromatic hydroxyl groups is 1. The van der Waals surface area contributed by atoms with Gasteiger partial charge in [-0.1, -0.05) is 119 Å². The van der Waals surface area contributed by atoms with E-state index in [2.05, 4.69) is 153 Å². The minimum Gasteiger partial charge on any atom is -0.508 e. The van der Waals surface area contributed by atoms with Gasteiger partial charge in [-0.25, -0.2) is 0 Å². The SMILES string of the molecule is CC(C=Cc1c(C)ccc(C)c1C)=CC=CC(C)=C/C=C/C=C(C)/C=C/C=C(C)/C=C/c1c(C)cc(O)c(C)c1C. The third-order valence-corrected chi connectivity index (χ3v) is 7.42. The second-order valence-electron chi connectivity index (χ2n) is 11.0. The van der Waals surface area contributed by atoms with Crippen molar-refractivity contribution in [2.75, 3.05) is 0 Å². The Hall–Kier alpha value is -4.10. The fraction of sp³-hybridized carbons (Fsp3) is 0.250. The Balaban J connectivity index is 1.93. The van der Waals surface area contributed by atoms with Gasteiger partial charge in [-0.15, -0.1) is 0 Å². The number of benzene rings is 2. The summed E-state index contributed by atoms with van der Waals surface area (Å²) in [6.07, 6.45) is 29.7. The molecule has 0 saturated carbocycles. The molecule has 2 aromatic carbocycles. The van der Waals surface area contributed by atoms with Crippen LogP contribution in [0.2, 0.25) is 0 Å². The van der Waals surface area contributed by atoms with Crippen LogP contribution in [-0.2, 0) is 0 Å². The second-order valence-corrected chi connectivity index (χ2v) is 11.0. The summed E-state index contributed by atoms with van der Waals surface area (Å²) in [5.74, 6) is 0.362. The molecule has 0 fully saturated rings. The average Bonchev–Trinajstić information content (AvgIpc) is 2.92. The first-order valence-electron chi connectivity index (χ1n) is 14.3. The maximum atomic E-state index is 10.0. The van der Waals surface area contributed by atoms with Crippen molar-refractivity contribution in [2.45, 2.75) is 69.2 Å². The topological polar surface area (TPSA) is 20.2 Å². The van der Waals surface area contributed by atoms with Gasteiger partial charge in [0, 0.05) is 0 Å². The minimum atomic E-state index is 0.362. The molecule has 1 heteroatoms. The number of hydrogen-bond donors (Lipinski definition) is 1. The van der Waals surface area contributed by atoms with Crippen LogP contribution in [0.5, 0.6) is 5.75 Å². The molecule has 0 atom stereocenters. The first-order valence-corrected chi connectivity index (χ1v) is 14.3. The molecule has 41 heavy (non-hydrogen) atoms. The smallest absolute Gasteiger partial charge is 0.119 e. The molecule has 1 N–H and O–H groups in total. The van der Waals surface area contributed by atoms with Gasteiger partial charge < -0.3 is 5.11 Å². The van der Waals surface area contributed by atoms with Gasteiger partial charge in [0.15, 0.2) is 0 Å². The highest BCUT2D eigenvalue weighted by atomic mass is 16.3. The second kappa shape index (κ2) is 16.2. The number of phenols is 1. The zero-order valence-electron chi connectivity index (χ0n) is 26.8. The van der Waals surface area contributed by atoms with Crippen molar-refractivity contribution < 1.29 is 5.11 Å². The monoisotopic (exact) mass is 544 g/mol. The van der Waals surface area contributed by atoms with Crippen LogP contribution in [0, 0.1) is 41.5 Å². The van der Waals surface area contributed by atoms with Crippen LogP contribution in [0.1, 0.15) is 72.2 Å². The first kappa shape index (κ1) is 33.1. The summed E-state index contributed by atoms with van der Waals surface area (Å²) in [4.78, 5) is 0. The lowest BCUT2D eigenvalue weighted by Gasteiger charge is -2.10. The molecular formula is C40H48O. The Labute approximate surface area is 249 Å². The molecule has 0 aromatic heterocycles. The molecule has 0 bridgehead atoms. The molecular weight excluding hydrogens is 496 g/mol. The molecule has 1 nitrogen and oxygen atoms in total. The van der Waals surface area contributed by atoms with E-state index >= 15 is 0 Å². The van der Waals surface area contributed by atoms with Gasteiger partial charge in [-0.3, -0.25) is 0 Å². The molecule has 0 aliphatic heterocycles. The largest absolute Gasteiger partial charge is 0.508 e. The average molecular weight is 545 g/mol. The Morgan fingerprint density at radius 3 is 1.41 bits per heavy atom. The number of rotatable bonds is 10. The van der Waals surface area contributed by atoms with E-state index in [1.54, 1.807) is 0 Å². The van der Waals surface area contributed by atoms with Gasteiger partial charge in [-0.05, 0) is 120 Å². The van der Waals surface area contributed by atoms with Crippen molar-refractivity contribution in [3.63, 3.8) is 0 Å².